The first-order valence-corrected chi connectivity index (χ1v) is 8.51. The molecular weight excluding hydrogens is 328 g/mol. The van der Waals surface area contributed by atoms with Crippen molar-refractivity contribution in [1.82, 2.24) is 9.88 Å². The number of carbonyl (C=O) groups excluding carboxylic acids is 1. The summed E-state index contributed by atoms with van der Waals surface area (Å²) in [6.07, 6.45) is 7.32. The number of aromatic nitrogens is 1. The fourth-order valence-electron chi connectivity index (χ4n) is 3.24. The SMILES string of the molecule is CN(C(=O)c1[nH]c2ccccc2c1Br)C1CCCCCC1. The van der Waals surface area contributed by atoms with Gasteiger partial charge in [-0.05, 0) is 34.8 Å². The largest absolute Gasteiger partial charge is 0.350 e. The molecule has 1 aromatic carbocycles. The van der Waals surface area contributed by atoms with Gasteiger partial charge in [-0.15, -0.1) is 0 Å². The van der Waals surface area contributed by atoms with Crippen LogP contribution in [0, 0.1) is 0 Å². The second-order valence-electron chi connectivity index (χ2n) is 5.92. The van der Waals surface area contributed by atoms with Crippen molar-refractivity contribution in [2.75, 3.05) is 7.05 Å². The summed E-state index contributed by atoms with van der Waals surface area (Å²) >= 11 is 3.58. The van der Waals surface area contributed by atoms with Gasteiger partial charge in [-0.2, -0.15) is 0 Å². The van der Waals surface area contributed by atoms with Gasteiger partial charge in [0.2, 0.25) is 0 Å². The second-order valence-corrected chi connectivity index (χ2v) is 6.71. The van der Waals surface area contributed by atoms with E-state index in [4.69, 9.17) is 0 Å². The van der Waals surface area contributed by atoms with E-state index < -0.39 is 0 Å². The van der Waals surface area contributed by atoms with Gasteiger partial charge in [0.25, 0.3) is 5.91 Å². The molecule has 4 heteroatoms. The van der Waals surface area contributed by atoms with Crippen LogP contribution in [0.2, 0.25) is 0 Å². The average Bonchev–Trinajstić information content (AvgIpc) is 2.70. The number of fused-ring (bicyclic) bond motifs is 1. The Morgan fingerprint density at radius 1 is 1.19 bits per heavy atom. The Labute approximate surface area is 133 Å². The van der Waals surface area contributed by atoms with Crippen molar-refractivity contribution >= 4 is 32.7 Å². The lowest BCUT2D eigenvalue weighted by Gasteiger charge is -2.27. The van der Waals surface area contributed by atoms with E-state index in [2.05, 4.69) is 20.9 Å². The van der Waals surface area contributed by atoms with E-state index in [1.165, 1.54) is 25.7 Å². The van der Waals surface area contributed by atoms with Crippen LogP contribution in [0.5, 0.6) is 0 Å². The first-order valence-electron chi connectivity index (χ1n) is 7.72. The number of para-hydroxylation sites is 1. The van der Waals surface area contributed by atoms with Crippen molar-refractivity contribution in [2.24, 2.45) is 0 Å². The number of hydrogen-bond acceptors (Lipinski definition) is 1. The third kappa shape index (κ3) is 2.86. The molecule has 0 atom stereocenters. The molecule has 1 aromatic heterocycles. The van der Waals surface area contributed by atoms with Crippen LogP contribution in [-0.2, 0) is 0 Å². The van der Waals surface area contributed by atoms with Gasteiger partial charge in [0.05, 0.1) is 4.47 Å². The molecule has 1 amide bonds. The van der Waals surface area contributed by atoms with Gasteiger partial charge in [0.15, 0.2) is 0 Å². The molecule has 1 aliphatic rings. The van der Waals surface area contributed by atoms with Crippen LogP contribution in [0.1, 0.15) is 49.0 Å². The monoisotopic (exact) mass is 348 g/mol. The molecule has 1 heterocycles. The molecule has 21 heavy (non-hydrogen) atoms. The first kappa shape index (κ1) is 14.6. The van der Waals surface area contributed by atoms with Crippen molar-refractivity contribution in [2.45, 2.75) is 44.6 Å². The van der Waals surface area contributed by atoms with E-state index in [0.717, 1.165) is 28.2 Å². The van der Waals surface area contributed by atoms with Gasteiger partial charge >= 0.3 is 0 Å². The summed E-state index contributed by atoms with van der Waals surface area (Å²) in [5.41, 5.74) is 1.67. The summed E-state index contributed by atoms with van der Waals surface area (Å²) < 4.78 is 0.878. The quantitative estimate of drug-likeness (QED) is 0.782. The molecule has 0 spiro atoms. The Morgan fingerprint density at radius 3 is 2.52 bits per heavy atom. The maximum absolute atomic E-state index is 12.8. The highest BCUT2D eigenvalue weighted by Crippen LogP contribution is 2.30. The van der Waals surface area contributed by atoms with Crippen LogP contribution in [0.3, 0.4) is 0 Å². The molecule has 0 bridgehead atoms. The summed E-state index contributed by atoms with van der Waals surface area (Å²) in [5.74, 6) is 0.0879. The van der Waals surface area contributed by atoms with E-state index >= 15 is 0 Å². The van der Waals surface area contributed by atoms with E-state index in [0.29, 0.717) is 11.7 Å². The first-order chi connectivity index (χ1) is 10.2. The molecule has 1 aliphatic carbocycles. The molecule has 3 nitrogen and oxygen atoms in total. The number of amides is 1. The van der Waals surface area contributed by atoms with Crippen molar-refractivity contribution in [3.63, 3.8) is 0 Å². The smallest absolute Gasteiger partial charge is 0.271 e. The Morgan fingerprint density at radius 2 is 1.86 bits per heavy atom. The zero-order valence-electron chi connectivity index (χ0n) is 12.4. The van der Waals surface area contributed by atoms with Gasteiger partial charge < -0.3 is 9.88 Å². The molecule has 0 saturated heterocycles. The normalized spacial score (nSPS) is 16.9. The summed E-state index contributed by atoms with van der Waals surface area (Å²) in [5, 5.41) is 1.06. The van der Waals surface area contributed by atoms with Crippen molar-refractivity contribution in [3.05, 3.63) is 34.4 Å². The lowest BCUT2D eigenvalue weighted by molar-refractivity contribution is 0.0712. The minimum atomic E-state index is 0.0879. The second kappa shape index (κ2) is 6.22. The minimum absolute atomic E-state index is 0.0879. The number of aromatic amines is 1. The van der Waals surface area contributed by atoms with Crippen LogP contribution in [0.15, 0.2) is 28.7 Å². The van der Waals surface area contributed by atoms with Crippen molar-refractivity contribution < 1.29 is 4.79 Å². The van der Waals surface area contributed by atoms with Crippen LogP contribution >= 0.6 is 15.9 Å². The zero-order chi connectivity index (χ0) is 14.8. The number of rotatable bonds is 2. The fourth-order valence-corrected chi connectivity index (χ4v) is 3.86. The molecular formula is C17H21BrN2O. The van der Waals surface area contributed by atoms with Crippen LogP contribution < -0.4 is 0 Å². The Hall–Kier alpha value is -1.29. The lowest BCUT2D eigenvalue weighted by atomic mass is 10.1. The number of hydrogen-bond donors (Lipinski definition) is 1. The summed E-state index contributed by atoms with van der Waals surface area (Å²) in [7, 11) is 1.94. The molecule has 112 valence electrons. The number of carbonyl (C=O) groups is 1. The van der Waals surface area contributed by atoms with Crippen LogP contribution in [-0.4, -0.2) is 28.9 Å². The Balaban J connectivity index is 1.87. The standard InChI is InChI=1S/C17H21BrN2O/c1-20(12-8-4-2-3-5-9-12)17(21)16-15(18)13-10-6-7-11-14(13)19-16/h6-7,10-12,19H,2-5,8-9H2,1H3. The maximum atomic E-state index is 12.8. The van der Waals surface area contributed by atoms with E-state index in [-0.39, 0.29) is 5.91 Å². The Kier molecular flexibility index (Phi) is 4.34. The third-order valence-corrected chi connectivity index (χ3v) is 5.37. The predicted molar refractivity (Wildman–Crippen MR) is 89.6 cm³/mol. The molecule has 2 aromatic rings. The number of halogens is 1. The number of nitrogens with one attached hydrogen (secondary N) is 1. The fraction of sp³-hybridized carbons (Fsp3) is 0.471. The molecule has 0 aliphatic heterocycles. The van der Waals surface area contributed by atoms with Gasteiger partial charge in [0, 0.05) is 24.0 Å². The van der Waals surface area contributed by atoms with Gasteiger partial charge in [-0.1, -0.05) is 43.9 Å². The highest BCUT2D eigenvalue weighted by molar-refractivity contribution is 9.10. The third-order valence-electron chi connectivity index (χ3n) is 4.55. The Bertz CT molecular complexity index is 641. The lowest BCUT2D eigenvalue weighted by Crippen LogP contribution is -2.37. The van der Waals surface area contributed by atoms with E-state index in [9.17, 15) is 4.79 Å². The topological polar surface area (TPSA) is 36.1 Å². The van der Waals surface area contributed by atoms with E-state index in [1.54, 1.807) is 0 Å². The number of nitrogens with zero attached hydrogens (tertiary/aromatic N) is 1. The molecule has 3 rings (SSSR count). The molecule has 0 unspecified atom stereocenters. The van der Waals surface area contributed by atoms with Crippen molar-refractivity contribution in [1.29, 1.82) is 0 Å². The number of benzene rings is 1. The molecule has 1 fully saturated rings. The van der Waals surface area contributed by atoms with Gasteiger partial charge in [0.1, 0.15) is 5.69 Å². The molecule has 0 radical (unpaired) electrons. The highest BCUT2D eigenvalue weighted by Gasteiger charge is 2.25. The van der Waals surface area contributed by atoms with Gasteiger partial charge in [-0.25, -0.2) is 0 Å². The van der Waals surface area contributed by atoms with Crippen LogP contribution in [0.25, 0.3) is 10.9 Å². The summed E-state index contributed by atoms with van der Waals surface area (Å²) in [4.78, 5) is 18.0. The molecule has 1 N–H and O–H groups in total. The average molecular weight is 349 g/mol. The summed E-state index contributed by atoms with van der Waals surface area (Å²) in [6, 6.07) is 8.37. The van der Waals surface area contributed by atoms with Crippen LogP contribution in [0.4, 0.5) is 0 Å². The minimum Gasteiger partial charge on any atom is -0.350 e. The number of H-pyrrole nitrogens is 1. The van der Waals surface area contributed by atoms with Crippen molar-refractivity contribution in [3.8, 4) is 0 Å². The van der Waals surface area contributed by atoms with Gasteiger partial charge in [-0.3, -0.25) is 4.79 Å². The summed E-state index contributed by atoms with van der Waals surface area (Å²) in [6.45, 7) is 0. The maximum Gasteiger partial charge on any atom is 0.271 e. The molecule has 1 saturated carbocycles. The predicted octanol–water partition coefficient (Wildman–Crippen LogP) is 4.73. The highest BCUT2D eigenvalue weighted by atomic mass is 79.9. The van der Waals surface area contributed by atoms with E-state index in [1.807, 2.05) is 36.2 Å². The zero-order valence-corrected chi connectivity index (χ0v) is 13.9.